The average Bonchev–Trinajstić information content (AvgIpc) is 1.57. The number of hydrogen-bond donors (Lipinski definition) is 11. The lowest BCUT2D eigenvalue weighted by atomic mass is 9.69. The first kappa shape index (κ1) is 86.1. The zero-order valence-electron chi connectivity index (χ0n) is 72.3. The van der Waals surface area contributed by atoms with E-state index in [2.05, 4.69) is 92.6 Å². The topological polar surface area (TPSA) is 363 Å². The van der Waals surface area contributed by atoms with Gasteiger partial charge in [-0.25, -0.2) is 0 Å². The molecule has 24 rings (SSSR count). The number of aliphatic hydroxyl groups is 6. The van der Waals surface area contributed by atoms with E-state index >= 15 is 0 Å². The number of benzene rings is 6. The van der Waals surface area contributed by atoms with E-state index in [0.717, 1.165) is 165 Å². The number of nitrogens with zero attached hydrogens (tertiary/aromatic N) is 3. The maximum Gasteiger partial charge on any atom is 0.446 e. The van der Waals surface area contributed by atoms with Gasteiger partial charge in [0.1, 0.15) is 43.2 Å². The molecule has 6 aromatic rings. The van der Waals surface area contributed by atoms with Crippen LogP contribution in [0.15, 0.2) is 146 Å². The Bertz CT molecular complexity index is 5440. The van der Waals surface area contributed by atoms with Crippen LogP contribution in [0.3, 0.4) is 0 Å². The molecule has 11 N–H and O–H groups in total. The van der Waals surface area contributed by atoms with E-state index in [1.54, 1.807) is 53.7 Å². The average molecular weight is 1750 g/mol. The molecule has 126 heavy (non-hydrogen) atoms. The monoisotopic (exact) mass is 1750 g/mol. The zero-order valence-corrected chi connectivity index (χ0v) is 73.1. The molecule has 29 heteroatoms. The Morgan fingerprint density at radius 1 is 0.389 bits per heavy atom. The molecule has 0 radical (unpaired) electrons. The van der Waals surface area contributed by atoms with E-state index in [1.807, 2.05) is 72.9 Å². The molecule has 18 aliphatic rings. The van der Waals surface area contributed by atoms with Crippen LogP contribution in [0, 0.1) is 5.21 Å². The van der Waals surface area contributed by atoms with E-state index in [0.29, 0.717) is 75.4 Å². The van der Waals surface area contributed by atoms with Crippen molar-refractivity contribution in [2.45, 2.75) is 222 Å². The Kier molecular flexibility index (Phi) is 22.6. The number of phenolic OH excluding ortho intramolecular Hbond substituents is 1. The minimum atomic E-state index is -4.64. The highest BCUT2D eigenvalue weighted by Gasteiger charge is 2.60. The number of rotatable bonds is 6. The third-order valence-corrected chi connectivity index (χ3v) is 30.2. The molecule has 6 aliphatic carbocycles. The van der Waals surface area contributed by atoms with Gasteiger partial charge in [0, 0.05) is 117 Å². The summed E-state index contributed by atoms with van der Waals surface area (Å²) in [6.07, 6.45) is 29.6. The van der Waals surface area contributed by atoms with Crippen LogP contribution in [0.5, 0.6) is 69.0 Å². The second-order valence-corrected chi connectivity index (χ2v) is 38.5. The molecule has 12 aliphatic heterocycles. The van der Waals surface area contributed by atoms with Crippen molar-refractivity contribution in [3.05, 3.63) is 218 Å². The van der Waals surface area contributed by atoms with Crippen molar-refractivity contribution in [1.82, 2.24) is 25.8 Å². The van der Waals surface area contributed by atoms with Crippen LogP contribution in [-0.2, 0) is 82.2 Å². The highest BCUT2D eigenvalue weighted by atomic mass is 32.3. The van der Waals surface area contributed by atoms with E-state index in [9.17, 15) is 49.4 Å². The number of quaternary nitrogens is 1. The van der Waals surface area contributed by atoms with Crippen LogP contribution in [0.4, 0.5) is 0 Å². The minimum absolute atomic E-state index is 0.00690. The second kappa shape index (κ2) is 33.0. The minimum Gasteiger partial charge on any atom is -0.633 e. The lowest BCUT2D eigenvalue weighted by Crippen LogP contribution is -2.44. The molecule has 6 aromatic carbocycles. The maximum absolute atomic E-state index is 12.7. The fraction of sp³-hybridized carbons (Fsp3) is 0.505. The fourth-order valence-electron chi connectivity index (χ4n) is 23.8. The van der Waals surface area contributed by atoms with Crippen molar-refractivity contribution in [2.75, 3.05) is 88.9 Å². The van der Waals surface area contributed by atoms with Gasteiger partial charge in [-0.1, -0.05) is 103 Å². The number of hydroxylamine groups is 3. The summed E-state index contributed by atoms with van der Waals surface area (Å²) in [5.74, 6) is 7.63. The third kappa shape index (κ3) is 14.7. The van der Waals surface area contributed by atoms with Gasteiger partial charge >= 0.3 is 10.4 Å². The first-order valence-electron chi connectivity index (χ1n) is 44.4. The van der Waals surface area contributed by atoms with Gasteiger partial charge in [-0.15, -0.1) is 0 Å². The molecule has 672 valence electrons. The van der Waals surface area contributed by atoms with Gasteiger partial charge in [-0.2, -0.15) is 8.42 Å². The van der Waals surface area contributed by atoms with Gasteiger partial charge in [-0.3, -0.25) is 4.55 Å². The summed E-state index contributed by atoms with van der Waals surface area (Å²) >= 11 is 0. The highest BCUT2D eigenvalue weighted by Crippen LogP contribution is 2.63. The van der Waals surface area contributed by atoms with Crippen LogP contribution < -0.4 is 67.5 Å². The number of aromatic hydroxyl groups is 1. The first-order valence-corrected chi connectivity index (χ1v) is 45.7. The predicted molar refractivity (Wildman–Crippen MR) is 467 cm³/mol. The molecular formula is C97H116N6O22S. The summed E-state index contributed by atoms with van der Waals surface area (Å²) in [6, 6.07) is 23.2. The van der Waals surface area contributed by atoms with Crippen molar-refractivity contribution in [2.24, 2.45) is 0 Å². The number of hydrogen-bond acceptors (Lipinski definition) is 26. The van der Waals surface area contributed by atoms with Crippen molar-refractivity contribution in [3.8, 4) is 69.0 Å². The number of methoxy groups -OCH3 is 4. The van der Waals surface area contributed by atoms with Gasteiger partial charge in [0.2, 0.25) is 0 Å². The van der Waals surface area contributed by atoms with Crippen molar-refractivity contribution in [1.29, 1.82) is 0 Å². The van der Waals surface area contributed by atoms with Crippen molar-refractivity contribution >= 4 is 10.4 Å². The Morgan fingerprint density at radius 3 is 1.00 bits per heavy atom. The van der Waals surface area contributed by atoms with Crippen LogP contribution in [0.1, 0.15) is 144 Å². The molecule has 19 atom stereocenters. The standard InChI is InChI=1S/C17H21NO4.C17H21NO3.3C16H19NO3.C15H17NO6S/c1-18(20)8-7-17-6-5-12(19)9-14(17)22-16-13(21-2)4-3-11(10-18)15(16)17;1-18-8-7-17-6-5-12(19)9-14(17)21-16-13(20-2)4-3-11(10-18)15(16)17;2*1-19-12-3-2-10-9-17-7-6-16-5-4-11(18)8-13(16)20-15(12)14(10)16;1-17-7-6-16-5-4-11(18)8-13(16)20-15-12(19)3-2-10(9-17)14(15)16;17-10-3-4-15-5-6-16-8-9-1-2-11(22-23(18,19)20)14(13(9)15)21-12(15)7-10/h3-6,12,14,19H,7-10H2,1-2H3;3-6,12,14,19H,7-10H2,1-2H3;2*2-5,11,13,17-18H,6-9H2,1H3;2-5,11,13,18-19H,6-9H2,1H3;1-4,10,12,16-17H,5-8H2,(H,18,19,20). The first-order chi connectivity index (χ1) is 60.6. The highest BCUT2D eigenvalue weighted by molar-refractivity contribution is 7.81. The molecule has 0 saturated heterocycles. The van der Waals surface area contributed by atoms with Gasteiger partial charge in [0.05, 0.1) is 111 Å². The molecule has 6 spiro atoms. The van der Waals surface area contributed by atoms with Crippen molar-refractivity contribution < 1.29 is 105 Å². The molecule has 19 unspecified atom stereocenters. The fourth-order valence-corrected chi connectivity index (χ4v) is 24.2. The molecule has 0 fully saturated rings. The molecular weight excluding hydrogens is 1630 g/mol. The van der Waals surface area contributed by atoms with Crippen LogP contribution in [0.25, 0.3) is 0 Å². The van der Waals surface area contributed by atoms with Gasteiger partial charge in [-0.05, 0) is 149 Å². The number of ether oxygens (including phenoxy) is 10. The largest absolute Gasteiger partial charge is 0.633 e. The van der Waals surface area contributed by atoms with Gasteiger partial charge < -0.3 is 123 Å². The summed E-state index contributed by atoms with van der Waals surface area (Å²) in [5.41, 5.74) is 12.8. The van der Waals surface area contributed by atoms with Gasteiger partial charge in [0.15, 0.2) is 69.0 Å². The summed E-state index contributed by atoms with van der Waals surface area (Å²) < 4.78 is 94.4. The van der Waals surface area contributed by atoms with E-state index in [-0.39, 0.29) is 79.8 Å². The molecule has 0 bridgehead atoms. The SMILES string of the molecule is CN1CCC23C=CC(O)CC2Oc2c(O)ccc(c23)C1.COc1ccc2c3c1OC1CC(O)C=CC31CCN(C)C2.COc1ccc2c3c1OC1CC(O)C=CC31CCNC2.COc1ccc2c3c1OC1CC(O)C=CC31CCNC2.COc1ccc2c3c1OC1CC(O)C=CC31CC[N+](C)([O-])C2.O=S(=O)(O)Oc1ccc2c3c1OC1CC(O)C=CC31CCNC2. The Labute approximate surface area is 734 Å². The molecule has 28 nitrogen and oxygen atoms in total. The van der Waals surface area contributed by atoms with Crippen LogP contribution in [0.2, 0.25) is 0 Å². The number of phenols is 1. The van der Waals surface area contributed by atoms with E-state index in [1.165, 1.54) is 45.0 Å². The maximum atomic E-state index is 12.7. The normalized spacial score (nSPS) is 34.5. The lowest BCUT2D eigenvalue weighted by Gasteiger charge is -2.40. The summed E-state index contributed by atoms with van der Waals surface area (Å²) in [5, 5.41) is 92.7. The summed E-state index contributed by atoms with van der Waals surface area (Å²) in [7, 11) is 8.04. The summed E-state index contributed by atoms with van der Waals surface area (Å²) in [6.45, 7) is 9.85. The Hall–Kier alpha value is -9.25. The second-order valence-electron chi connectivity index (χ2n) is 37.4. The smallest absolute Gasteiger partial charge is 0.446 e. The predicted octanol–water partition coefficient (Wildman–Crippen LogP) is 8.96. The Balaban J connectivity index is 0.0000000988. The lowest BCUT2D eigenvalue weighted by molar-refractivity contribution is -0.874. The quantitative estimate of drug-likeness (QED) is 0.0320. The summed E-state index contributed by atoms with van der Waals surface area (Å²) in [4.78, 5) is 4.65. The Morgan fingerprint density at radius 2 is 0.659 bits per heavy atom. The molecule has 0 amide bonds. The van der Waals surface area contributed by atoms with E-state index in [4.69, 9.17) is 51.9 Å². The molecule has 12 heterocycles. The van der Waals surface area contributed by atoms with Gasteiger partial charge in [0.25, 0.3) is 0 Å². The number of nitrogens with one attached hydrogen (secondary N) is 3. The van der Waals surface area contributed by atoms with Crippen LogP contribution in [-0.4, -0.2) is 225 Å². The third-order valence-electron chi connectivity index (χ3n) is 29.9. The molecule has 0 aromatic heterocycles. The molecule has 0 saturated carbocycles. The number of aliphatic hydroxyl groups excluding tert-OH is 6. The van der Waals surface area contributed by atoms with Crippen LogP contribution >= 0.6 is 0 Å². The zero-order chi connectivity index (χ0) is 87.8. The van der Waals surface area contributed by atoms with E-state index < -0.39 is 52.4 Å². The van der Waals surface area contributed by atoms with Crippen molar-refractivity contribution in [3.63, 3.8) is 0 Å².